The summed E-state index contributed by atoms with van der Waals surface area (Å²) in [6, 6.07) is 5.50. The first-order valence-electron chi connectivity index (χ1n) is 4.73. The molecule has 0 radical (unpaired) electrons. The van der Waals surface area contributed by atoms with Crippen LogP contribution in [0, 0.1) is 5.82 Å². The van der Waals surface area contributed by atoms with E-state index in [2.05, 4.69) is 0 Å². The van der Waals surface area contributed by atoms with Crippen LogP contribution < -0.4 is 5.73 Å². The fraction of sp³-hybridized carbons (Fsp3) is 0.364. The molecule has 0 spiro atoms. The van der Waals surface area contributed by atoms with Crippen molar-refractivity contribution in [2.75, 3.05) is 0 Å². The molecule has 2 unspecified atom stereocenters. The largest absolute Gasteiger partial charge is 0.481 e. The summed E-state index contributed by atoms with van der Waals surface area (Å²) in [7, 11) is 0. The van der Waals surface area contributed by atoms with E-state index in [0.717, 1.165) is 5.56 Å². The highest BCUT2D eigenvalue weighted by Gasteiger charge is 2.17. The number of nitrogens with two attached hydrogens (primary N) is 1. The Balaban J connectivity index is 2.71. The van der Waals surface area contributed by atoms with Crippen LogP contribution in [0.15, 0.2) is 24.3 Å². The van der Waals surface area contributed by atoms with E-state index in [1.165, 1.54) is 12.1 Å². The van der Waals surface area contributed by atoms with Gasteiger partial charge in [-0.15, -0.1) is 0 Å². The van der Waals surface area contributed by atoms with Crippen LogP contribution in [0.2, 0.25) is 0 Å². The van der Waals surface area contributed by atoms with Crippen molar-refractivity contribution in [1.82, 2.24) is 0 Å². The van der Waals surface area contributed by atoms with Gasteiger partial charge in [0.1, 0.15) is 5.82 Å². The molecule has 0 aliphatic heterocycles. The van der Waals surface area contributed by atoms with Gasteiger partial charge in [0.2, 0.25) is 0 Å². The van der Waals surface area contributed by atoms with E-state index < -0.39 is 12.0 Å². The zero-order valence-corrected chi connectivity index (χ0v) is 8.48. The van der Waals surface area contributed by atoms with Crippen molar-refractivity contribution < 1.29 is 14.3 Å². The van der Waals surface area contributed by atoms with Gasteiger partial charge in [-0.2, -0.15) is 0 Å². The van der Waals surface area contributed by atoms with Gasteiger partial charge in [-0.05, 0) is 23.6 Å². The maximum absolute atomic E-state index is 12.6. The number of carbonyl (C=O) groups is 1. The van der Waals surface area contributed by atoms with E-state index >= 15 is 0 Å². The molecule has 0 bridgehead atoms. The van der Waals surface area contributed by atoms with Crippen molar-refractivity contribution >= 4 is 5.97 Å². The first kappa shape index (κ1) is 11.7. The number of hydrogen-bond acceptors (Lipinski definition) is 2. The van der Waals surface area contributed by atoms with Gasteiger partial charge in [0.25, 0.3) is 0 Å². The van der Waals surface area contributed by atoms with Gasteiger partial charge in [0, 0.05) is 6.04 Å². The third kappa shape index (κ3) is 3.32. The molecule has 1 aromatic rings. The Morgan fingerprint density at radius 1 is 1.47 bits per heavy atom. The summed E-state index contributed by atoms with van der Waals surface area (Å²) < 4.78 is 12.6. The number of carboxylic acid groups (broad SMARTS) is 1. The molecule has 3 N–H and O–H groups in total. The summed E-state index contributed by atoms with van der Waals surface area (Å²) in [4.78, 5) is 10.5. The molecule has 0 saturated heterocycles. The van der Waals surface area contributed by atoms with Crippen LogP contribution in [0.25, 0.3) is 0 Å². The van der Waals surface area contributed by atoms with Crippen molar-refractivity contribution in [2.24, 2.45) is 5.73 Å². The van der Waals surface area contributed by atoms with Gasteiger partial charge < -0.3 is 10.8 Å². The van der Waals surface area contributed by atoms with Crippen molar-refractivity contribution in [3.63, 3.8) is 0 Å². The van der Waals surface area contributed by atoms with Crippen LogP contribution in [-0.4, -0.2) is 17.1 Å². The first-order valence-corrected chi connectivity index (χ1v) is 4.73. The maximum atomic E-state index is 12.6. The number of halogens is 1. The molecule has 3 nitrogen and oxygen atoms in total. The lowest BCUT2D eigenvalue weighted by Gasteiger charge is -2.18. The van der Waals surface area contributed by atoms with Gasteiger partial charge in [-0.3, -0.25) is 4.79 Å². The fourth-order valence-corrected chi connectivity index (χ4v) is 1.39. The second-order valence-corrected chi connectivity index (χ2v) is 3.60. The second kappa shape index (κ2) is 4.89. The molecule has 0 aromatic heterocycles. The quantitative estimate of drug-likeness (QED) is 0.797. The van der Waals surface area contributed by atoms with Crippen LogP contribution in [0.5, 0.6) is 0 Å². The summed E-state index contributed by atoms with van der Waals surface area (Å²) in [5.41, 5.74) is 6.57. The Labute approximate surface area is 87.7 Å². The van der Waals surface area contributed by atoms with E-state index in [1.54, 1.807) is 12.1 Å². The highest BCUT2D eigenvalue weighted by atomic mass is 19.1. The zero-order chi connectivity index (χ0) is 11.4. The first-order chi connectivity index (χ1) is 7.00. The Hall–Kier alpha value is -1.42. The van der Waals surface area contributed by atoms with Gasteiger partial charge in [0.05, 0.1) is 6.42 Å². The number of aliphatic carboxylic acids is 1. The number of benzene rings is 1. The molecule has 0 heterocycles. The lowest BCUT2D eigenvalue weighted by Crippen LogP contribution is -2.29. The van der Waals surface area contributed by atoms with Crippen LogP contribution in [-0.2, 0) is 4.79 Å². The summed E-state index contributed by atoms with van der Waals surface area (Å²) >= 11 is 0. The highest BCUT2D eigenvalue weighted by Crippen LogP contribution is 2.19. The summed E-state index contributed by atoms with van der Waals surface area (Å²) in [6.45, 7) is 1.83. The highest BCUT2D eigenvalue weighted by molar-refractivity contribution is 5.67. The molecule has 0 saturated carbocycles. The maximum Gasteiger partial charge on any atom is 0.304 e. The average molecular weight is 211 g/mol. The molecule has 0 aliphatic carbocycles. The molecule has 4 heteroatoms. The Morgan fingerprint density at radius 3 is 2.47 bits per heavy atom. The zero-order valence-electron chi connectivity index (χ0n) is 8.48. The van der Waals surface area contributed by atoms with Crippen molar-refractivity contribution in [3.8, 4) is 0 Å². The van der Waals surface area contributed by atoms with Gasteiger partial charge in [0.15, 0.2) is 0 Å². The van der Waals surface area contributed by atoms with Crippen LogP contribution in [0.1, 0.15) is 24.8 Å². The summed E-state index contributed by atoms with van der Waals surface area (Å²) in [5.74, 6) is -1.32. The molecule has 2 atom stereocenters. The molecule has 0 fully saturated rings. The Kier molecular flexibility index (Phi) is 3.80. The average Bonchev–Trinajstić information content (AvgIpc) is 2.17. The van der Waals surface area contributed by atoms with E-state index in [9.17, 15) is 9.18 Å². The Bertz CT molecular complexity index is 337. The van der Waals surface area contributed by atoms with Crippen molar-refractivity contribution in [1.29, 1.82) is 0 Å². The minimum Gasteiger partial charge on any atom is -0.481 e. The van der Waals surface area contributed by atoms with Crippen LogP contribution in [0.4, 0.5) is 4.39 Å². The molecular formula is C11H14FNO2. The number of rotatable bonds is 4. The molecular weight excluding hydrogens is 197 g/mol. The van der Waals surface area contributed by atoms with E-state index in [-0.39, 0.29) is 18.2 Å². The SMILES string of the molecule is CC(c1ccc(F)cc1)C(N)CC(=O)O. The topological polar surface area (TPSA) is 63.3 Å². The van der Waals surface area contributed by atoms with Gasteiger partial charge in [-0.1, -0.05) is 19.1 Å². The van der Waals surface area contributed by atoms with Gasteiger partial charge >= 0.3 is 5.97 Å². The fourth-order valence-electron chi connectivity index (χ4n) is 1.39. The monoisotopic (exact) mass is 211 g/mol. The molecule has 0 amide bonds. The summed E-state index contributed by atoms with van der Waals surface area (Å²) in [6.07, 6.45) is -0.0848. The minimum atomic E-state index is -0.920. The van der Waals surface area contributed by atoms with Crippen molar-refractivity contribution in [2.45, 2.75) is 25.3 Å². The molecule has 1 rings (SSSR count). The third-order valence-electron chi connectivity index (χ3n) is 2.45. The smallest absolute Gasteiger partial charge is 0.304 e. The number of hydrogen-bond donors (Lipinski definition) is 2. The standard InChI is InChI=1S/C11H14FNO2/c1-7(10(13)6-11(14)15)8-2-4-9(12)5-3-8/h2-5,7,10H,6,13H2,1H3,(H,14,15). The van der Waals surface area contributed by atoms with E-state index in [0.29, 0.717) is 0 Å². The summed E-state index contributed by atoms with van der Waals surface area (Å²) in [5, 5.41) is 8.58. The van der Waals surface area contributed by atoms with Gasteiger partial charge in [-0.25, -0.2) is 4.39 Å². The second-order valence-electron chi connectivity index (χ2n) is 3.60. The minimum absolute atomic E-state index is 0.0848. The van der Waals surface area contributed by atoms with Crippen LogP contribution in [0.3, 0.4) is 0 Å². The third-order valence-corrected chi connectivity index (χ3v) is 2.45. The molecule has 1 aromatic carbocycles. The molecule has 15 heavy (non-hydrogen) atoms. The normalized spacial score (nSPS) is 14.6. The molecule has 82 valence electrons. The predicted molar refractivity (Wildman–Crippen MR) is 55.0 cm³/mol. The lowest BCUT2D eigenvalue weighted by molar-refractivity contribution is -0.137. The number of carboxylic acids is 1. The molecule has 0 aliphatic rings. The van der Waals surface area contributed by atoms with E-state index in [1.807, 2.05) is 6.92 Å². The van der Waals surface area contributed by atoms with E-state index in [4.69, 9.17) is 10.8 Å². The Morgan fingerprint density at radius 2 is 2.00 bits per heavy atom. The van der Waals surface area contributed by atoms with Crippen molar-refractivity contribution in [3.05, 3.63) is 35.6 Å². The lowest BCUT2D eigenvalue weighted by atomic mass is 9.92. The van der Waals surface area contributed by atoms with Crippen LogP contribution >= 0.6 is 0 Å². The predicted octanol–water partition coefficient (Wildman–Crippen LogP) is 1.73.